The van der Waals surface area contributed by atoms with E-state index in [0.29, 0.717) is 0 Å². The molecule has 8 rings (SSSR count). The first-order valence-electron chi connectivity index (χ1n) is 21.5. The second-order valence-electron chi connectivity index (χ2n) is 12.9. The van der Waals surface area contributed by atoms with Gasteiger partial charge < -0.3 is 11.5 Å². The van der Waals surface area contributed by atoms with Crippen molar-refractivity contribution in [3.8, 4) is 33.4 Å². The van der Waals surface area contributed by atoms with Gasteiger partial charge in [0, 0.05) is 10.6 Å². The summed E-state index contributed by atoms with van der Waals surface area (Å²) < 4.78 is 0. The Morgan fingerprint density at radius 2 is 0.797 bits per heavy atom. The van der Waals surface area contributed by atoms with Crippen molar-refractivity contribution in [2.24, 2.45) is 11.5 Å². The quantitative estimate of drug-likeness (QED) is 0.0550. The standard InChI is InChI=1S/C43H36N2S4.5C2H6/c44-42(48)29-9-5-26(6-10-29)37-21-36(25-3-1-24(23-46)2-4-25)32-17-18-34-38(27-7-11-30(12-8-27)43(45)49)22-39(28-13-15-31(47)16-14-28)35-20-19-33(37)40(32)41(34)35;5*1-2/h1,3,5-22,42-43,46-49H,2,4,23,44-45H2;5*1-2H3. The minimum atomic E-state index is -0.326. The fourth-order valence-corrected chi connectivity index (χ4v) is 8.13. The molecule has 1 aliphatic rings. The smallest absolute Gasteiger partial charge is 0.0734 e. The molecule has 0 saturated heterocycles. The lowest BCUT2D eigenvalue weighted by Gasteiger charge is -2.23. The monoisotopic (exact) mass is 858 g/mol. The lowest BCUT2D eigenvalue weighted by atomic mass is 9.81. The lowest BCUT2D eigenvalue weighted by molar-refractivity contribution is 0.984. The second-order valence-corrected chi connectivity index (χ2v) is 14.8. The summed E-state index contributed by atoms with van der Waals surface area (Å²) in [7, 11) is 0. The van der Waals surface area contributed by atoms with E-state index in [9.17, 15) is 0 Å². The van der Waals surface area contributed by atoms with Crippen LogP contribution in [0.25, 0.3) is 71.3 Å². The number of hydrogen-bond donors (Lipinski definition) is 6. The first kappa shape index (κ1) is 49.7. The van der Waals surface area contributed by atoms with Crippen LogP contribution in [-0.2, 0) is 0 Å². The first-order chi connectivity index (χ1) is 28.8. The van der Waals surface area contributed by atoms with Crippen LogP contribution in [0.1, 0.15) is 110 Å². The molecule has 0 heterocycles. The molecule has 2 unspecified atom stereocenters. The summed E-state index contributed by atoms with van der Waals surface area (Å²) in [5, 5.41) is 6.85. The van der Waals surface area contributed by atoms with Crippen molar-refractivity contribution in [1.29, 1.82) is 0 Å². The lowest BCUT2D eigenvalue weighted by Crippen LogP contribution is -2.02. The molecule has 0 fully saturated rings. The summed E-state index contributed by atoms with van der Waals surface area (Å²) in [5.74, 6) is 0.786. The number of nitrogens with two attached hydrogens (primary N) is 2. The minimum absolute atomic E-state index is 0.322. The largest absolute Gasteiger partial charge is 0.316 e. The molecule has 2 nitrogen and oxygen atoms in total. The fraction of sp³-hybridized carbons (Fsp3) is 0.283. The molecule has 0 bridgehead atoms. The van der Waals surface area contributed by atoms with E-state index in [1.165, 1.54) is 65.7 Å². The fourth-order valence-electron chi connectivity index (χ4n) is 7.37. The Balaban J connectivity index is 0.000000867. The van der Waals surface area contributed by atoms with Crippen LogP contribution in [0, 0.1) is 0 Å². The predicted molar refractivity (Wildman–Crippen MR) is 281 cm³/mol. The molecular weight excluding hydrogens is 793 g/mol. The Morgan fingerprint density at radius 3 is 1.12 bits per heavy atom. The van der Waals surface area contributed by atoms with E-state index in [0.717, 1.165) is 51.3 Å². The zero-order valence-electron chi connectivity index (χ0n) is 36.8. The molecule has 0 radical (unpaired) electrons. The highest BCUT2D eigenvalue weighted by atomic mass is 32.1. The van der Waals surface area contributed by atoms with Crippen LogP contribution in [0.15, 0.2) is 132 Å². The maximum Gasteiger partial charge on any atom is 0.0734 e. The van der Waals surface area contributed by atoms with E-state index >= 15 is 0 Å². The van der Waals surface area contributed by atoms with Crippen LogP contribution < -0.4 is 11.5 Å². The number of rotatable bonds is 7. The Labute approximate surface area is 378 Å². The van der Waals surface area contributed by atoms with E-state index in [-0.39, 0.29) is 10.7 Å². The molecule has 0 aromatic heterocycles. The molecule has 7 aromatic rings. The van der Waals surface area contributed by atoms with Gasteiger partial charge in [0.25, 0.3) is 0 Å². The van der Waals surface area contributed by atoms with Gasteiger partial charge in [-0.25, -0.2) is 0 Å². The van der Waals surface area contributed by atoms with Crippen LogP contribution in [0.3, 0.4) is 0 Å². The summed E-state index contributed by atoms with van der Waals surface area (Å²) in [6.45, 7) is 20.0. The average Bonchev–Trinajstić information content (AvgIpc) is 3.31. The van der Waals surface area contributed by atoms with Crippen molar-refractivity contribution < 1.29 is 0 Å². The number of hydrogen-bond acceptors (Lipinski definition) is 6. The summed E-state index contributed by atoms with van der Waals surface area (Å²) in [6, 6.07) is 39.5. The summed E-state index contributed by atoms with van der Waals surface area (Å²) in [5.41, 5.74) is 25.3. The molecule has 7 aromatic carbocycles. The van der Waals surface area contributed by atoms with Gasteiger partial charge in [-0.3, -0.25) is 0 Å². The van der Waals surface area contributed by atoms with Crippen LogP contribution >= 0.6 is 50.5 Å². The second kappa shape index (κ2) is 24.6. The van der Waals surface area contributed by atoms with Gasteiger partial charge in [-0.1, -0.05) is 172 Å². The molecule has 0 amide bonds. The maximum absolute atomic E-state index is 6.12. The normalized spacial score (nSPS) is 12.7. The molecule has 2 atom stereocenters. The third-order valence-electron chi connectivity index (χ3n) is 9.99. The third kappa shape index (κ3) is 11.0. The molecule has 59 heavy (non-hydrogen) atoms. The van der Waals surface area contributed by atoms with Crippen LogP contribution in [0.5, 0.6) is 0 Å². The highest BCUT2D eigenvalue weighted by Crippen LogP contribution is 2.48. The molecule has 6 heteroatoms. The summed E-state index contributed by atoms with van der Waals surface area (Å²) in [4.78, 5) is 0.940. The Bertz CT molecular complexity index is 2410. The van der Waals surface area contributed by atoms with Crippen molar-refractivity contribution in [3.05, 3.63) is 144 Å². The van der Waals surface area contributed by atoms with E-state index in [2.05, 4.69) is 172 Å². The zero-order chi connectivity index (χ0) is 43.8. The topological polar surface area (TPSA) is 52.0 Å². The Morgan fingerprint density at radius 1 is 0.458 bits per heavy atom. The van der Waals surface area contributed by atoms with Gasteiger partial charge in [-0.15, -0.1) is 12.6 Å². The van der Waals surface area contributed by atoms with Crippen molar-refractivity contribution in [3.63, 3.8) is 0 Å². The van der Waals surface area contributed by atoms with Crippen LogP contribution in [-0.4, -0.2) is 5.75 Å². The van der Waals surface area contributed by atoms with Gasteiger partial charge in [-0.2, -0.15) is 37.9 Å². The van der Waals surface area contributed by atoms with Gasteiger partial charge in [0.2, 0.25) is 0 Å². The van der Waals surface area contributed by atoms with E-state index in [1.54, 1.807) is 0 Å². The van der Waals surface area contributed by atoms with Gasteiger partial charge in [0.05, 0.1) is 10.7 Å². The highest BCUT2D eigenvalue weighted by Gasteiger charge is 2.22. The predicted octanol–water partition coefficient (Wildman–Crippen LogP) is 16.8. The number of benzene rings is 7. The average molecular weight is 859 g/mol. The Hall–Kier alpha value is -3.62. The first-order valence-corrected chi connectivity index (χ1v) is 23.6. The number of thiol groups is 4. The molecule has 0 saturated carbocycles. The van der Waals surface area contributed by atoms with Gasteiger partial charge >= 0.3 is 0 Å². The van der Waals surface area contributed by atoms with Crippen molar-refractivity contribution >= 4 is 88.4 Å². The summed E-state index contributed by atoms with van der Waals surface area (Å²) in [6.07, 6.45) is 6.56. The van der Waals surface area contributed by atoms with E-state index < -0.39 is 0 Å². The van der Waals surface area contributed by atoms with Gasteiger partial charge in [-0.05, 0) is 125 Å². The molecule has 312 valence electrons. The molecule has 4 N–H and O–H groups in total. The van der Waals surface area contributed by atoms with Crippen molar-refractivity contribution in [2.45, 2.75) is 97.7 Å². The maximum atomic E-state index is 6.12. The number of allylic oxidation sites excluding steroid dienone is 3. The van der Waals surface area contributed by atoms with Crippen LogP contribution in [0.4, 0.5) is 0 Å². The van der Waals surface area contributed by atoms with E-state index in [4.69, 9.17) is 11.5 Å². The van der Waals surface area contributed by atoms with Crippen molar-refractivity contribution in [1.82, 2.24) is 0 Å². The van der Waals surface area contributed by atoms with Crippen molar-refractivity contribution in [2.75, 3.05) is 5.75 Å². The molecule has 1 aliphatic carbocycles. The molecule has 0 aliphatic heterocycles. The minimum Gasteiger partial charge on any atom is -0.316 e. The third-order valence-corrected chi connectivity index (χ3v) is 11.3. The molecular formula is C53H66N2S4. The van der Waals surface area contributed by atoms with Gasteiger partial charge in [0.15, 0.2) is 0 Å². The highest BCUT2D eigenvalue weighted by molar-refractivity contribution is 7.80. The Kier molecular flexibility index (Phi) is 20.7. The van der Waals surface area contributed by atoms with Gasteiger partial charge in [0.1, 0.15) is 0 Å². The zero-order valence-corrected chi connectivity index (χ0v) is 40.3. The summed E-state index contributed by atoms with van der Waals surface area (Å²) >= 11 is 18.1. The van der Waals surface area contributed by atoms with Crippen LogP contribution in [0.2, 0.25) is 0 Å². The van der Waals surface area contributed by atoms with E-state index in [1.807, 2.05) is 69.2 Å². The SMILES string of the molecule is CC.CC.CC.CC.CC.NC(S)c1ccc(-c2cc(C3=CC=C(CS)CC3)c3ccc4c(-c5ccc(C(N)S)cc5)cc(-c5ccc(S)cc5)c5ccc2c3c45)cc1. The molecule has 0 spiro atoms.